The first kappa shape index (κ1) is 16.9. The maximum absolute atomic E-state index is 5.97. The van der Waals surface area contributed by atoms with Crippen molar-refractivity contribution in [3.63, 3.8) is 0 Å². The Morgan fingerprint density at radius 3 is 2.52 bits per heavy atom. The Morgan fingerprint density at radius 1 is 1.17 bits per heavy atom. The molecule has 4 heteroatoms. The van der Waals surface area contributed by atoms with Gasteiger partial charge in [-0.15, -0.1) is 0 Å². The molecule has 2 aromatic rings. The highest BCUT2D eigenvalue weighted by Gasteiger charge is 2.03. The van der Waals surface area contributed by atoms with E-state index in [-0.39, 0.29) is 0 Å². The fraction of sp³-hybridized carbons (Fsp3) is 0.316. The average Bonchev–Trinajstić information content (AvgIpc) is 2.60. The van der Waals surface area contributed by atoms with E-state index in [1.807, 2.05) is 36.4 Å². The Kier molecular flexibility index (Phi) is 6.03. The summed E-state index contributed by atoms with van der Waals surface area (Å²) in [5, 5.41) is 3.12. The quantitative estimate of drug-likeness (QED) is 0.623. The molecule has 122 valence electrons. The molecule has 0 aliphatic rings. The minimum atomic E-state index is 0.396. The molecular weight excluding hydrogens is 286 g/mol. The molecule has 3 N–H and O–H groups in total. The van der Waals surface area contributed by atoms with E-state index in [1.165, 1.54) is 5.56 Å². The van der Waals surface area contributed by atoms with Crippen LogP contribution in [0.25, 0.3) is 0 Å². The van der Waals surface area contributed by atoms with E-state index in [0.717, 1.165) is 23.4 Å². The maximum atomic E-state index is 5.97. The van der Waals surface area contributed by atoms with Crippen molar-refractivity contribution in [2.45, 2.75) is 32.7 Å². The van der Waals surface area contributed by atoms with E-state index in [9.17, 15) is 0 Å². The number of ether oxygens (including phenoxy) is 1. The van der Waals surface area contributed by atoms with E-state index < -0.39 is 0 Å². The number of nitrogens with one attached hydrogen (secondary N) is 1. The van der Waals surface area contributed by atoms with Gasteiger partial charge in [-0.2, -0.15) is 0 Å². The summed E-state index contributed by atoms with van der Waals surface area (Å²) in [7, 11) is 1.66. The monoisotopic (exact) mass is 311 g/mol. The molecule has 0 spiro atoms. The first-order valence-corrected chi connectivity index (χ1v) is 7.92. The predicted octanol–water partition coefficient (Wildman–Crippen LogP) is 4.14. The van der Waals surface area contributed by atoms with E-state index in [2.05, 4.69) is 36.3 Å². The third-order valence-corrected chi connectivity index (χ3v) is 3.98. The number of rotatable bonds is 6. The van der Waals surface area contributed by atoms with Crippen LogP contribution in [0.1, 0.15) is 37.3 Å². The molecule has 0 saturated carbocycles. The molecule has 0 radical (unpaired) electrons. The van der Waals surface area contributed by atoms with Gasteiger partial charge in [0.05, 0.1) is 13.7 Å². The van der Waals surface area contributed by atoms with Crippen molar-refractivity contribution in [2.75, 3.05) is 12.4 Å². The van der Waals surface area contributed by atoms with Crippen molar-refractivity contribution < 1.29 is 4.74 Å². The summed E-state index contributed by atoms with van der Waals surface area (Å²) < 4.78 is 5.31. The van der Waals surface area contributed by atoms with Gasteiger partial charge < -0.3 is 15.8 Å². The van der Waals surface area contributed by atoms with E-state index >= 15 is 0 Å². The van der Waals surface area contributed by atoms with Crippen molar-refractivity contribution >= 4 is 11.6 Å². The Labute approximate surface area is 138 Å². The van der Waals surface area contributed by atoms with Gasteiger partial charge in [0, 0.05) is 11.3 Å². The zero-order valence-corrected chi connectivity index (χ0v) is 14.0. The van der Waals surface area contributed by atoms with E-state index in [0.29, 0.717) is 18.4 Å². The highest BCUT2D eigenvalue weighted by Crippen LogP contribution is 2.21. The number of methoxy groups -OCH3 is 1. The molecule has 0 aliphatic carbocycles. The Bertz CT molecular complexity index is 650. The van der Waals surface area contributed by atoms with Gasteiger partial charge in [0.15, 0.2) is 5.96 Å². The van der Waals surface area contributed by atoms with Crippen LogP contribution in [0.2, 0.25) is 0 Å². The number of para-hydroxylation sites is 1. The number of benzene rings is 2. The fourth-order valence-corrected chi connectivity index (χ4v) is 2.32. The lowest BCUT2D eigenvalue weighted by molar-refractivity contribution is 0.410. The number of aliphatic imine (C=N–C) groups is 1. The smallest absolute Gasteiger partial charge is 0.193 e. The molecule has 0 aromatic heterocycles. The molecular formula is C19H25N3O. The SMILES string of the molecule is CCC(C)c1ccc(NC(N)=NCc2ccccc2OC)cc1. The lowest BCUT2D eigenvalue weighted by Crippen LogP contribution is -2.22. The van der Waals surface area contributed by atoms with Gasteiger partial charge in [-0.1, -0.05) is 44.2 Å². The first-order valence-electron chi connectivity index (χ1n) is 7.92. The Hall–Kier alpha value is -2.49. The summed E-state index contributed by atoms with van der Waals surface area (Å²) in [6.45, 7) is 4.90. The van der Waals surface area contributed by atoms with Gasteiger partial charge in [0.1, 0.15) is 5.75 Å². The molecule has 2 rings (SSSR count). The number of guanidine groups is 1. The molecule has 2 aromatic carbocycles. The van der Waals surface area contributed by atoms with Crippen LogP contribution in [0, 0.1) is 0 Å². The van der Waals surface area contributed by atoms with Crippen LogP contribution in [0.5, 0.6) is 5.75 Å². The third kappa shape index (κ3) is 4.74. The molecule has 0 heterocycles. The minimum Gasteiger partial charge on any atom is -0.496 e. The van der Waals surface area contributed by atoms with Crippen LogP contribution in [0.4, 0.5) is 5.69 Å². The molecule has 1 unspecified atom stereocenters. The van der Waals surface area contributed by atoms with E-state index in [4.69, 9.17) is 10.5 Å². The number of hydrogen-bond donors (Lipinski definition) is 2. The lowest BCUT2D eigenvalue weighted by atomic mass is 9.99. The average molecular weight is 311 g/mol. The molecule has 1 atom stereocenters. The summed E-state index contributed by atoms with van der Waals surface area (Å²) in [5.41, 5.74) is 9.25. The highest BCUT2D eigenvalue weighted by atomic mass is 16.5. The largest absolute Gasteiger partial charge is 0.496 e. The molecule has 4 nitrogen and oxygen atoms in total. The topological polar surface area (TPSA) is 59.6 Å². The summed E-state index contributed by atoms with van der Waals surface area (Å²) in [5.74, 6) is 1.79. The van der Waals surface area contributed by atoms with Crippen molar-refractivity contribution in [1.82, 2.24) is 0 Å². The standard InChI is InChI=1S/C19H25N3O/c1-4-14(2)15-9-11-17(12-10-15)22-19(20)21-13-16-7-5-6-8-18(16)23-3/h5-12,14H,4,13H2,1-3H3,(H3,20,21,22). The second kappa shape index (κ2) is 8.22. The van der Waals surface area contributed by atoms with Crippen LogP contribution in [0.15, 0.2) is 53.5 Å². The van der Waals surface area contributed by atoms with Crippen LogP contribution < -0.4 is 15.8 Å². The highest BCUT2D eigenvalue weighted by molar-refractivity contribution is 5.92. The van der Waals surface area contributed by atoms with Crippen molar-refractivity contribution in [2.24, 2.45) is 10.7 Å². The lowest BCUT2D eigenvalue weighted by Gasteiger charge is -2.11. The van der Waals surface area contributed by atoms with Gasteiger partial charge in [0.2, 0.25) is 0 Å². The molecule has 0 aliphatic heterocycles. The summed E-state index contributed by atoms with van der Waals surface area (Å²) in [6.07, 6.45) is 1.13. The third-order valence-electron chi connectivity index (χ3n) is 3.98. The van der Waals surface area contributed by atoms with Gasteiger partial charge in [-0.3, -0.25) is 0 Å². The summed E-state index contributed by atoms with van der Waals surface area (Å²) in [4.78, 5) is 4.38. The van der Waals surface area contributed by atoms with Gasteiger partial charge in [-0.05, 0) is 36.1 Å². The number of nitrogens with zero attached hydrogens (tertiary/aromatic N) is 1. The number of anilines is 1. The molecule has 0 saturated heterocycles. The van der Waals surface area contributed by atoms with Crippen molar-refractivity contribution in [1.29, 1.82) is 0 Å². The van der Waals surface area contributed by atoms with Crippen LogP contribution >= 0.6 is 0 Å². The van der Waals surface area contributed by atoms with Crippen molar-refractivity contribution in [3.05, 3.63) is 59.7 Å². The minimum absolute atomic E-state index is 0.396. The molecule has 23 heavy (non-hydrogen) atoms. The maximum Gasteiger partial charge on any atom is 0.193 e. The number of nitrogens with two attached hydrogens (primary N) is 1. The van der Waals surface area contributed by atoms with Gasteiger partial charge in [-0.25, -0.2) is 4.99 Å². The zero-order chi connectivity index (χ0) is 16.7. The molecule has 0 fully saturated rings. The predicted molar refractivity (Wildman–Crippen MR) is 97.1 cm³/mol. The second-order valence-corrected chi connectivity index (χ2v) is 5.57. The van der Waals surface area contributed by atoms with Crippen LogP contribution in [-0.2, 0) is 6.54 Å². The first-order chi connectivity index (χ1) is 11.1. The zero-order valence-electron chi connectivity index (χ0n) is 14.0. The van der Waals surface area contributed by atoms with Gasteiger partial charge >= 0.3 is 0 Å². The Morgan fingerprint density at radius 2 is 1.87 bits per heavy atom. The summed E-state index contributed by atoms with van der Waals surface area (Å²) >= 11 is 0. The molecule has 0 amide bonds. The second-order valence-electron chi connectivity index (χ2n) is 5.57. The van der Waals surface area contributed by atoms with Crippen molar-refractivity contribution in [3.8, 4) is 5.75 Å². The summed E-state index contributed by atoms with van der Waals surface area (Å²) in [6, 6.07) is 16.1. The van der Waals surface area contributed by atoms with Gasteiger partial charge in [0.25, 0.3) is 0 Å². The van der Waals surface area contributed by atoms with E-state index in [1.54, 1.807) is 7.11 Å². The fourth-order valence-electron chi connectivity index (χ4n) is 2.32. The van der Waals surface area contributed by atoms with Crippen LogP contribution in [0.3, 0.4) is 0 Å². The Balaban J connectivity index is 1.99. The molecule has 0 bridgehead atoms. The number of hydrogen-bond acceptors (Lipinski definition) is 2. The van der Waals surface area contributed by atoms with Crippen LogP contribution in [-0.4, -0.2) is 13.1 Å². The normalized spacial score (nSPS) is 12.7.